The van der Waals surface area contributed by atoms with E-state index in [0.29, 0.717) is 31.0 Å². The fraction of sp³-hybridized carbons (Fsp3) is 0.333. The normalized spacial score (nSPS) is 17.9. The minimum atomic E-state index is -1.15. The second kappa shape index (κ2) is 6.28. The molecule has 1 aliphatic heterocycles. The molecule has 1 amide bonds. The quantitative estimate of drug-likeness (QED) is 0.835. The molecule has 0 spiro atoms. The van der Waals surface area contributed by atoms with E-state index in [1.807, 2.05) is 0 Å². The molecule has 1 heterocycles. The lowest BCUT2D eigenvalue weighted by atomic mass is 9.84. The van der Waals surface area contributed by atoms with Crippen molar-refractivity contribution >= 4 is 23.5 Å². The van der Waals surface area contributed by atoms with Gasteiger partial charge in [0.15, 0.2) is 0 Å². The molecule has 0 aromatic heterocycles. The van der Waals surface area contributed by atoms with Crippen LogP contribution in [0.25, 0.3) is 0 Å². The molecule has 1 aromatic carbocycles. The van der Waals surface area contributed by atoms with Crippen LogP contribution in [0.1, 0.15) is 18.4 Å². The molecule has 2 rings (SSSR count). The fourth-order valence-corrected chi connectivity index (χ4v) is 2.52. The predicted octanol–water partition coefficient (Wildman–Crippen LogP) is 1.79. The Morgan fingerprint density at radius 2 is 1.71 bits per heavy atom. The van der Waals surface area contributed by atoms with Gasteiger partial charge in [-0.15, -0.1) is 0 Å². The minimum Gasteiger partial charge on any atom is -0.478 e. The van der Waals surface area contributed by atoms with Crippen molar-refractivity contribution in [3.63, 3.8) is 0 Å². The van der Waals surface area contributed by atoms with Crippen LogP contribution in [0, 0.1) is 0 Å². The molecule has 21 heavy (non-hydrogen) atoms. The van der Waals surface area contributed by atoms with Crippen molar-refractivity contribution in [3.05, 3.63) is 47.0 Å². The number of aliphatic carboxylic acids is 1. The number of carbonyl (C=O) groups excluding carboxylic acids is 1. The second-order valence-electron chi connectivity index (χ2n) is 5.04. The van der Waals surface area contributed by atoms with Crippen LogP contribution >= 0.6 is 11.6 Å². The molecular weight excluding hydrogens is 294 g/mol. The average Bonchev–Trinajstić information content (AvgIpc) is 2.46. The summed E-state index contributed by atoms with van der Waals surface area (Å²) in [4.78, 5) is 23.7. The molecular formula is C15H16ClNO4. The van der Waals surface area contributed by atoms with Gasteiger partial charge in [-0.2, -0.15) is 0 Å². The van der Waals surface area contributed by atoms with Gasteiger partial charge in [0.05, 0.1) is 5.60 Å². The smallest absolute Gasteiger partial charge is 0.328 e. The molecule has 1 aliphatic rings. The molecule has 0 radical (unpaired) electrons. The SMILES string of the molecule is O=C(O)/C=C/C(=O)N1CCC(O)(c2ccc(Cl)cc2)CC1. The highest BCUT2D eigenvalue weighted by Gasteiger charge is 2.34. The number of nitrogens with zero attached hydrogens (tertiary/aromatic N) is 1. The lowest BCUT2D eigenvalue weighted by Gasteiger charge is -2.38. The molecule has 0 unspecified atom stereocenters. The molecule has 1 saturated heterocycles. The molecule has 0 aliphatic carbocycles. The van der Waals surface area contributed by atoms with Gasteiger partial charge in [0.2, 0.25) is 5.91 Å². The van der Waals surface area contributed by atoms with E-state index in [0.717, 1.165) is 17.7 Å². The predicted molar refractivity (Wildman–Crippen MR) is 77.9 cm³/mol. The molecule has 0 bridgehead atoms. The number of carbonyl (C=O) groups is 2. The molecule has 0 saturated carbocycles. The molecule has 0 atom stereocenters. The van der Waals surface area contributed by atoms with Crippen molar-refractivity contribution in [1.82, 2.24) is 4.90 Å². The summed E-state index contributed by atoms with van der Waals surface area (Å²) in [6, 6.07) is 7.01. The molecule has 1 aromatic rings. The largest absolute Gasteiger partial charge is 0.478 e. The van der Waals surface area contributed by atoms with Crippen molar-refractivity contribution in [2.75, 3.05) is 13.1 Å². The third-order valence-corrected chi connectivity index (χ3v) is 3.90. The van der Waals surface area contributed by atoms with Gasteiger partial charge in [0, 0.05) is 30.3 Å². The Balaban J connectivity index is 2.00. The van der Waals surface area contributed by atoms with E-state index in [1.165, 1.54) is 4.90 Å². The van der Waals surface area contributed by atoms with Crippen molar-refractivity contribution < 1.29 is 19.8 Å². The third kappa shape index (κ3) is 3.83. The van der Waals surface area contributed by atoms with Gasteiger partial charge in [-0.25, -0.2) is 4.79 Å². The van der Waals surface area contributed by atoms with Crippen LogP contribution in [0.5, 0.6) is 0 Å². The standard InChI is InChI=1S/C15H16ClNO4/c16-12-3-1-11(2-4-12)15(21)7-9-17(10-8-15)13(18)5-6-14(19)20/h1-6,21H,7-10H2,(H,19,20)/b6-5+. The number of halogens is 1. The van der Waals surface area contributed by atoms with E-state index in [2.05, 4.69) is 0 Å². The number of aliphatic hydroxyl groups is 1. The van der Waals surface area contributed by atoms with Crippen molar-refractivity contribution in [3.8, 4) is 0 Å². The topological polar surface area (TPSA) is 77.8 Å². The summed E-state index contributed by atoms with van der Waals surface area (Å²) in [6.45, 7) is 0.754. The van der Waals surface area contributed by atoms with E-state index in [4.69, 9.17) is 16.7 Å². The number of benzene rings is 1. The van der Waals surface area contributed by atoms with Crippen LogP contribution < -0.4 is 0 Å². The van der Waals surface area contributed by atoms with Crippen molar-refractivity contribution in [2.45, 2.75) is 18.4 Å². The molecule has 112 valence electrons. The van der Waals surface area contributed by atoms with Crippen LogP contribution in [-0.2, 0) is 15.2 Å². The van der Waals surface area contributed by atoms with Crippen molar-refractivity contribution in [2.24, 2.45) is 0 Å². The summed E-state index contributed by atoms with van der Waals surface area (Å²) in [5.74, 6) is -1.51. The van der Waals surface area contributed by atoms with E-state index in [1.54, 1.807) is 24.3 Å². The van der Waals surface area contributed by atoms with Gasteiger partial charge in [-0.3, -0.25) is 4.79 Å². The van der Waals surface area contributed by atoms with E-state index in [9.17, 15) is 14.7 Å². The summed E-state index contributed by atoms with van der Waals surface area (Å²) < 4.78 is 0. The van der Waals surface area contributed by atoms with Crippen molar-refractivity contribution in [1.29, 1.82) is 0 Å². The Labute approximate surface area is 127 Å². The lowest BCUT2D eigenvalue weighted by molar-refractivity contribution is -0.133. The number of hydrogen-bond donors (Lipinski definition) is 2. The van der Waals surface area contributed by atoms with Gasteiger partial charge in [0.25, 0.3) is 0 Å². The summed E-state index contributed by atoms with van der Waals surface area (Å²) in [5, 5.41) is 19.8. The van der Waals surface area contributed by atoms with Crippen LogP contribution in [0.2, 0.25) is 5.02 Å². The first kappa shape index (κ1) is 15.5. The van der Waals surface area contributed by atoms with Crippen LogP contribution in [-0.4, -0.2) is 40.1 Å². The average molecular weight is 310 g/mol. The van der Waals surface area contributed by atoms with E-state index >= 15 is 0 Å². The maximum atomic E-state index is 11.8. The number of carboxylic acid groups (broad SMARTS) is 1. The highest BCUT2D eigenvalue weighted by molar-refractivity contribution is 6.30. The number of likely N-dealkylation sites (tertiary alicyclic amines) is 1. The zero-order valence-corrected chi connectivity index (χ0v) is 12.1. The Morgan fingerprint density at radius 3 is 2.24 bits per heavy atom. The first-order chi connectivity index (χ1) is 9.90. The van der Waals surface area contributed by atoms with Gasteiger partial charge in [-0.05, 0) is 30.5 Å². The summed E-state index contributed by atoms with van der Waals surface area (Å²) in [6.07, 6.45) is 2.67. The third-order valence-electron chi connectivity index (χ3n) is 3.65. The lowest BCUT2D eigenvalue weighted by Crippen LogP contribution is -2.44. The summed E-state index contributed by atoms with van der Waals surface area (Å²) in [7, 11) is 0. The molecule has 6 heteroatoms. The first-order valence-electron chi connectivity index (χ1n) is 6.59. The maximum absolute atomic E-state index is 11.8. The second-order valence-corrected chi connectivity index (χ2v) is 5.47. The highest BCUT2D eigenvalue weighted by atomic mass is 35.5. The number of carboxylic acids is 1. The van der Waals surface area contributed by atoms with Gasteiger partial charge in [0.1, 0.15) is 0 Å². The van der Waals surface area contributed by atoms with Crippen LogP contribution in [0.3, 0.4) is 0 Å². The Kier molecular flexibility index (Phi) is 4.65. The molecule has 5 nitrogen and oxygen atoms in total. The van der Waals surface area contributed by atoms with E-state index < -0.39 is 11.6 Å². The van der Waals surface area contributed by atoms with Gasteiger partial charge < -0.3 is 15.1 Å². The minimum absolute atomic E-state index is 0.351. The van der Waals surface area contributed by atoms with Crippen LogP contribution in [0.4, 0.5) is 0 Å². The summed E-state index contributed by atoms with van der Waals surface area (Å²) in [5.41, 5.74) is -0.196. The molecule has 1 fully saturated rings. The first-order valence-corrected chi connectivity index (χ1v) is 6.97. The monoisotopic (exact) mass is 309 g/mol. The van der Waals surface area contributed by atoms with Gasteiger partial charge >= 0.3 is 5.97 Å². The van der Waals surface area contributed by atoms with Gasteiger partial charge in [-0.1, -0.05) is 23.7 Å². The number of rotatable bonds is 3. The zero-order valence-electron chi connectivity index (χ0n) is 11.3. The number of piperidine rings is 1. The maximum Gasteiger partial charge on any atom is 0.328 e. The Hall–Kier alpha value is -1.85. The number of amides is 1. The van der Waals surface area contributed by atoms with E-state index in [-0.39, 0.29) is 5.91 Å². The van der Waals surface area contributed by atoms with Crippen LogP contribution in [0.15, 0.2) is 36.4 Å². The molecule has 2 N–H and O–H groups in total. The Morgan fingerprint density at radius 1 is 1.14 bits per heavy atom. The highest BCUT2D eigenvalue weighted by Crippen LogP contribution is 2.33. The fourth-order valence-electron chi connectivity index (χ4n) is 2.39. The summed E-state index contributed by atoms with van der Waals surface area (Å²) >= 11 is 5.83. The number of hydrogen-bond acceptors (Lipinski definition) is 3. The Bertz CT molecular complexity index is 560. The zero-order chi connectivity index (χ0) is 15.5.